The van der Waals surface area contributed by atoms with Crippen molar-refractivity contribution in [3.05, 3.63) is 35.9 Å². The van der Waals surface area contributed by atoms with E-state index < -0.39 is 5.60 Å². The summed E-state index contributed by atoms with van der Waals surface area (Å²) < 4.78 is 0. The van der Waals surface area contributed by atoms with Gasteiger partial charge in [0.2, 0.25) is 0 Å². The molecule has 0 aliphatic carbocycles. The van der Waals surface area contributed by atoms with Crippen LogP contribution < -0.4 is 10.6 Å². The van der Waals surface area contributed by atoms with Crippen LogP contribution in [-0.4, -0.2) is 34.6 Å². The monoisotopic (exact) mass is 284 g/mol. The lowest BCUT2D eigenvalue weighted by atomic mass is 9.94. The van der Waals surface area contributed by atoms with Crippen molar-refractivity contribution < 1.29 is 5.11 Å². The second-order valence-corrected chi connectivity index (χ2v) is 5.94. The molecule has 1 saturated heterocycles. The van der Waals surface area contributed by atoms with Gasteiger partial charge in [0.1, 0.15) is 11.7 Å². The van der Waals surface area contributed by atoms with Crippen molar-refractivity contribution in [2.75, 3.05) is 18.0 Å². The third kappa shape index (κ3) is 2.69. The summed E-state index contributed by atoms with van der Waals surface area (Å²) in [6, 6.07) is 9.61. The molecule has 21 heavy (non-hydrogen) atoms. The molecule has 4 N–H and O–H groups in total. The average Bonchev–Trinajstić information content (AvgIpc) is 2.46. The Labute approximate surface area is 123 Å². The van der Waals surface area contributed by atoms with Gasteiger partial charge in [-0.2, -0.15) is 0 Å². The SMILES string of the molecule is CC1(O)CCN(c2cc(C(=N)N)c3ccccc3n2)CC1. The van der Waals surface area contributed by atoms with E-state index in [2.05, 4.69) is 9.88 Å². The van der Waals surface area contributed by atoms with Crippen LogP contribution in [-0.2, 0) is 0 Å². The van der Waals surface area contributed by atoms with E-state index in [-0.39, 0.29) is 5.84 Å². The number of nitrogens with two attached hydrogens (primary N) is 1. The number of rotatable bonds is 2. The predicted octanol–water partition coefficient (Wildman–Crippen LogP) is 1.87. The molecule has 5 nitrogen and oxygen atoms in total. The van der Waals surface area contributed by atoms with Crippen LogP contribution in [0.1, 0.15) is 25.3 Å². The van der Waals surface area contributed by atoms with Gasteiger partial charge in [0.05, 0.1) is 11.1 Å². The van der Waals surface area contributed by atoms with E-state index in [1.807, 2.05) is 37.3 Å². The number of hydrogen-bond acceptors (Lipinski definition) is 4. The van der Waals surface area contributed by atoms with E-state index in [4.69, 9.17) is 11.1 Å². The number of hydrogen-bond donors (Lipinski definition) is 3. The molecule has 1 aromatic carbocycles. The molecule has 0 unspecified atom stereocenters. The number of pyridine rings is 1. The maximum atomic E-state index is 10.1. The second-order valence-electron chi connectivity index (χ2n) is 5.94. The fraction of sp³-hybridized carbons (Fsp3) is 0.375. The fourth-order valence-corrected chi connectivity index (χ4v) is 2.76. The summed E-state index contributed by atoms with van der Waals surface area (Å²) in [7, 11) is 0. The molecule has 0 radical (unpaired) electrons. The smallest absolute Gasteiger partial charge is 0.129 e. The van der Waals surface area contributed by atoms with E-state index in [0.717, 1.165) is 42.7 Å². The van der Waals surface area contributed by atoms with Crippen molar-refractivity contribution in [3.8, 4) is 0 Å². The largest absolute Gasteiger partial charge is 0.390 e. The first-order valence-electron chi connectivity index (χ1n) is 7.18. The van der Waals surface area contributed by atoms with Crippen LogP contribution in [0, 0.1) is 5.41 Å². The van der Waals surface area contributed by atoms with Crippen molar-refractivity contribution in [1.29, 1.82) is 5.41 Å². The molecule has 0 amide bonds. The van der Waals surface area contributed by atoms with Gasteiger partial charge in [-0.1, -0.05) is 18.2 Å². The minimum absolute atomic E-state index is 0.0545. The Morgan fingerprint density at radius 2 is 2.00 bits per heavy atom. The third-order valence-corrected chi connectivity index (χ3v) is 4.16. The molecule has 3 rings (SSSR count). The molecular formula is C16H20N4O. The van der Waals surface area contributed by atoms with Crippen LogP contribution in [0.4, 0.5) is 5.82 Å². The van der Waals surface area contributed by atoms with Gasteiger partial charge in [-0.05, 0) is 31.9 Å². The Morgan fingerprint density at radius 1 is 1.33 bits per heavy atom. The highest BCUT2D eigenvalue weighted by molar-refractivity contribution is 6.07. The number of benzene rings is 1. The van der Waals surface area contributed by atoms with Crippen molar-refractivity contribution in [2.45, 2.75) is 25.4 Å². The summed E-state index contributed by atoms with van der Waals surface area (Å²) in [5.41, 5.74) is 6.69. The first-order valence-corrected chi connectivity index (χ1v) is 7.18. The Morgan fingerprint density at radius 3 is 2.67 bits per heavy atom. The van der Waals surface area contributed by atoms with E-state index in [0.29, 0.717) is 5.56 Å². The summed E-state index contributed by atoms with van der Waals surface area (Å²) in [6.07, 6.45) is 1.44. The number of nitrogen functional groups attached to an aromatic ring is 1. The van der Waals surface area contributed by atoms with Gasteiger partial charge in [-0.25, -0.2) is 4.98 Å². The van der Waals surface area contributed by atoms with Crippen LogP contribution in [0.2, 0.25) is 0 Å². The highest BCUT2D eigenvalue weighted by atomic mass is 16.3. The zero-order chi connectivity index (χ0) is 15.0. The summed E-state index contributed by atoms with van der Waals surface area (Å²) in [4.78, 5) is 6.83. The number of fused-ring (bicyclic) bond motifs is 1. The molecule has 110 valence electrons. The molecule has 2 heterocycles. The van der Waals surface area contributed by atoms with Crippen LogP contribution in [0.15, 0.2) is 30.3 Å². The molecule has 0 saturated carbocycles. The van der Waals surface area contributed by atoms with Crippen molar-refractivity contribution in [2.24, 2.45) is 5.73 Å². The van der Waals surface area contributed by atoms with Gasteiger partial charge in [0, 0.05) is 24.0 Å². The zero-order valence-corrected chi connectivity index (χ0v) is 12.1. The van der Waals surface area contributed by atoms with Gasteiger partial charge in [0.15, 0.2) is 0 Å². The minimum Gasteiger partial charge on any atom is -0.390 e. The number of nitrogens with one attached hydrogen (secondary N) is 1. The summed E-state index contributed by atoms with van der Waals surface area (Å²) >= 11 is 0. The highest BCUT2D eigenvalue weighted by Crippen LogP contribution is 2.28. The van der Waals surface area contributed by atoms with Crippen molar-refractivity contribution >= 4 is 22.6 Å². The lowest BCUT2D eigenvalue weighted by molar-refractivity contribution is 0.0350. The van der Waals surface area contributed by atoms with Crippen molar-refractivity contribution in [3.63, 3.8) is 0 Å². The molecular weight excluding hydrogens is 264 g/mol. The zero-order valence-electron chi connectivity index (χ0n) is 12.1. The number of nitrogens with zero attached hydrogens (tertiary/aromatic N) is 2. The van der Waals surface area contributed by atoms with E-state index in [1.165, 1.54) is 0 Å². The summed E-state index contributed by atoms with van der Waals surface area (Å²) in [6.45, 7) is 3.39. The van der Waals surface area contributed by atoms with Crippen molar-refractivity contribution in [1.82, 2.24) is 4.98 Å². The van der Waals surface area contributed by atoms with Gasteiger partial charge < -0.3 is 15.7 Å². The molecule has 0 atom stereocenters. The molecule has 0 bridgehead atoms. The maximum absolute atomic E-state index is 10.1. The Kier molecular flexibility index (Phi) is 3.29. The Balaban J connectivity index is 2.02. The minimum atomic E-state index is -0.587. The molecule has 0 spiro atoms. The number of amidine groups is 1. The second kappa shape index (κ2) is 5.00. The van der Waals surface area contributed by atoms with Gasteiger partial charge in [0.25, 0.3) is 0 Å². The first kappa shape index (κ1) is 13.8. The number of piperidine rings is 1. The quantitative estimate of drug-likeness (QED) is 0.580. The Hall–Kier alpha value is -2.14. The summed E-state index contributed by atoms with van der Waals surface area (Å²) in [5, 5.41) is 18.7. The molecule has 1 aromatic heterocycles. The van der Waals surface area contributed by atoms with E-state index in [9.17, 15) is 5.11 Å². The Bertz CT molecular complexity index is 686. The van der Waals surface area contributed by atoms with E-state index >= 15 is 0 Å². The standard InChI is InChI=1S/C16H20N4O/c1-16(21)6-8-20(9-7-16)14-10-12(15(17)18)11-4-2-3-5-13(11)19-14/h2-5,10,21H,6-9H2,1H3,(H3,17,18). The lowest BCUT2D eigenvalue weighted by Gasteiger charge is -2.36. The molecule has 1 fully saturated rings. The molecule has 1 aliphatic rings. The van der Waals surface area contributed by atoms with Crippen LogP contribution >= 0.6 is 0 Å². The molecule has 2 aromatic rings. The van der Waals surface area contributed by atoms with Crippen LogP contribution in [0.25, 0.3) is 10.9 Å². The number of anilines is 1. The highest BCUT2D eigenvalue weighted by Gasteiger charge is 2.28. The number of para-hydroxylation sites is 1. The topological polar surface area (TPSA) is 86.2 Å². The number of aliphatic hydroxyl groups is 1. The van der Waals surface area contributed by atoms with Crippen LogP contribution in [0.3, 0.4) is 0 Å². The summed E-state index contributed by atoms with van der Waals surface area (Å²) in [5.74, 6) is 0.883. The fourth-order valence-electron chi connectivity index (χ4n) is 2.76. The predicted molar refractivity (Wildman–Crippen MR) is 84.8 cm³/mol. The van der Waals surface area contributed by atoms with Gasteiger partial charge in [-0.15, -0.1) is 0 Å². The maximum Gasteiger partial charge on any atom is 0.129 e. The number of aromatic nitrogens is 1. The normalized spacial score (nSPS) is 17.9. The van der Waals surface area contributed by atoms with Gasteiger partial charge in [-0.3, -0.25) is 5.41 Å². The van der Waals surface area contributed by atoms with Crippen LogP contribution in [0.5, 0.6) is 0 Å². The lowest BCUT2D eigenvalue weighted by Crippen LogP contribution is -2.42. The van der Waals surface area contributed by atoms with E-state index in [1.54, 1.807) is 0 Å². The molecule has 5 heteroatoms. The third-order valence-electron chi connectivity index (χ3n) is 4.16. The molecule has 1 aliphatic heterocycles. The first-order chi connectivity index (χ1) is 9.96. The average molecular weight is 284 g/mol. The van der Waals surface area contributed by atoms with Gasteiger partial charge >= 0.3 is 0 Å².